The quantitative estimate of drug-likeness (QED) is 0.778. The van der Waals surface area contributed by atoms with E-state index in [2.05, 4.69) is 27.8 Å². The Morgan fingerprint density at radius 2 is 2.05 bits per heavy atom. The van der Waals surface area contributed by atoms with Crippen molar-refractivity contribution >= 4 is 10.9 Å². The highest BCUT2D eigenvalue weighted by Crippen LogP contribution is 2.25. The van der Waals surface area contributed by atoms with Gasteiger partial charge in [0.05, 0.1) is 6.10 Å². The van der Waals surface area contributed by atoms with Crippen molar-refractivity contribution in [1.82, 2.24) is 9.55 Å². The average molecular weight is 252 g/mol. The average Bonchev–Trinajstić information content (AvgIpc) is 2.78. The summed E-state index contributed by atoms with van der Waals surface area (Å²) in [5.41, 5.74) is 3.12. The minimum atomic E-state index is -0.512. The second-order valence-electron chi connectivity index (χ2n) is 4.77. The molecule has 96 valence electrons. The van der Waals surface area contributed by atoms with Crippen LogP contribution in [-0.4, -0.2) is 14.7 Å². The number of hydrogen-bond acceptors (Lipinski definition) is 2. The Morgan fingerprint density at radius 1 is 1.21 bits per heavy atom. The summed E-state index contributed by atoms with van der Waals surface area (Å²) in [5, 5.41) is 11.6. The highest BCUT2D eigenvalue weighted by atomic mass is 16.3. The van der Waals surface area contributed by atoms with E-state index < -0.39 is 6.10 Å². The van der Waals surface area contributed by atoms with Crippen molar-refractivity contribution < 1.29 is 5.11 Å². The Bertz CT molecular complexity index is 688. The van der Waals surface area contributed by atoms with E-state index in [1.165, 1.54) is 0 Å². The van der Waals surface area contributed by atoms with Gasteiger partial charge in [-0.25, -0.2) is 0 Å². The molecule has 1 unspecified atom stereocenters. The smallest absolute Gasteiger partial charge is 0.0980 e. The maximum Gasteiger partial charge on any atom is 0.0980 e. The molecule has 0 saturated heterocycles. The summed E-state index contributed by atoms with van der Waals surface area (Å²) in [6, 6.07) is 14.1. The fourth-order valence-corrected chi connectivity index (χ4v) is 2.48. The highest BCUT2D eigenvalue weighted by Gasteiger charge is 2.14. The van der Waals surface area contributed by atoms with Gasteiger partial charge in [0.2, 0.25) is 0 Å². The topological polar surface area (TPSA) is 38.0 Å². The fraction of sp³-hybridized carbons (Fsp3) is 0.188. The van der Waals surface area contributed by atoms with Gasteiger partial charge in [-0.1, -0.05) is 24.3 Å². The number of aromatic nitrogens is 2. The Balaban J connectivity index is 1.93. The van der Waals surface area contributed by atoms with E-state index in [0.29, 0.717) is 6.42 Å². The van der Waals surface area contributed by atoms with Crippen molar-refractivity contribution in [2.75, 3.05) is 0 Å². The monoisotopic (exact) mass is 252 g/mol. The van der Waals surface area contributed by atoms with Crippen LogP contribution >= 0.6 is 0 Å². The van der Waals surface area contributed by atoms with Gasteiger partial charge < -0.3 is 9.67 Å². The van der Waals surface area contributed by atoms with Crippen LogP contribution in [0.3, 0.4) is 0 Å². The van der Waals surface area contributed by atoms with Gasteiger partial charge in [-0.2, -0.15) is 0 Å². The molecule has 3 heteroatoms. The predicted molar refractivity (Wildman–Crippen MR) is 75.8 cm³/mol. The molecule has 1 N–H and O–H groups in total. The lowest BCUT2D eigenvalue weighted by Crippen LogP contribution is -2.07. The van der Waals surface area contributed by atoms with Gasteiger partial charge in [-0.15, -0.1) is 0 Å². The molecule has 0 aliphatic rings. The van der Waals surface area contributed by atoms with Crippen LogP contribution in [0.1, 0.15) is 17.4 Å². The third-order valence-electron chi connectivity index (χ3n) is 3.48. The van der Waals surface area contributed by atoms with Gasteiger partial charge >= 0.3 is 0 Å². The first kappa shape index (κ1) is 11.9. The standard InChI is InChI=1S/C16H16N2O/c1-18-14-7-3-2-6-13(14)10-15(18)16(19)9-12-5-4-8-17-11-12/h2-8,10-11,16,19H,9H2,1H3. The van der Waals surface area contributed by atoms with Gasteiger partial charge in [0.15, 0.2) is 0 Å². The number of rotatable bonds is 3. The lowest BCUT2D eigenvalue weighted by Gasteiger charge is -2.12. The third-order valence-corrected chi connectivity index (χ3v) is 3.48. The molecule has 1 aromatic carbocycles. The van der Waals surface area contributed by atoms with Crippen LogP contribution in [0.25, 0.3) is 10.9 Å². The zero-order valence-electron chi connectivity index (χ0n) is 10.8. The van der Waals surface area contributed by atoms with Crippen molar-refractivity contribution in [2.45, 2.75) is 12.5 Å². The number of para-hydroxylation sites is 1. The molecule has 3 aromatic rings. The largest absolute Gasteiger partial charge is 0.387 e. The Hall–Kier alpha value is -2.13. The number of aliphatic hydroxyl groups excluding tert-OH is 1. The molecular weight excluding hydrogens is 236 g/mol. The zero-order valence-corrected chi connectivity index (χ0v) is 10.8. The van der Waals surface area contributed by atoms with E-state index in [1.54, 1.807) is 12.4 Å². The molecule has 0 amide bonds. The van der Waals surface area contributed by atoms with Crippen molar-refractivity contribution in [3.8, 4) is 0 Å². The van der Waals surface area contributed by atoms with E-state index in [4.69, 9.17) is 0 Å². The lowest BCUT2D eigenvalue weighted by molar-refractivity contribution is 0.170. The van der Waals surface area contributed by atoms with Crippen molar-refractivity contribution in [1.29, 1.82) is 0 Å². The van der Waals surface area contributed by atoms with E-state index in [-0.39, 0.29) is 0 Å². The normalized spacial score (nSPS) is 12.7. The van der Waals surface area contributed by atoms with Gasteiger partial charge in [-0.3, -0.25) is 4.98 Å². The van der Waals surface area contributed by atoms with Gasteiger partial charge in [0.1, 0.15) is 0 Å². The number of hydrogen-bond donors (Lipinski definition) is 1. The Morgan fingerprint density at radius 3 is 2.79 bits per heavy atom. The van der Waals surface area contributed by atoms with Crippen LogP contribution in [0.2, 0.25) is 0 Å². The summed E-state index contributed by atoms with van der Waals surface area (Å²) in [7, 11) is 1.99. The number of aryl methyl sites for hydroxylation is 1. The molecule has 0 spiro atoms. The van der Waals surface area contributed by atoms with E-state index in [9.17, 15) is 5.11 Å². The fourth-order valence-electron chi connectivity index (χ4n) is 2.48. The molecule has 0 bridgehead atoms. The maximum atomic E-state index is 10.4. The molecule has 0 fully saturated rings. The zero-order chi connectivity index (χ0) is 13.2. The minimum absolute atomic E-state index is 0.512. The Kier molecular flexibility index (Phi) is 3.05. The summed E-state index contributed by atoms with van der Waals surface area (Å²) in [5.74, 6) is 0. The number of pyridine rings is 1. The first-order valence-electron chi connectivity index (χ1n) is 6.37. The molecule has 0 radical (unpaired) electrons. The second-order valence-corrected chi connectivity index (χ2v) is 4.77. The molecule has 3 nitrogen and oxygen atoms in total. The van der Waals surface area contributed by atoms with E-state index in [1.807, 2.05) is 31.3 Å². The summed E-state index contributed by atoms with van der Waals surface area (Å²) >= 11 is 0. The molecule has 0 saturated carbocycles. The summed E-state index contributed by atoms with van der Waals surface area (Å²) in [4.78, 5) is 4.08. The SMILES string of the molecule is Cn1c(C(O)Cc2cccnc2)cc2ccccc21. The number of benzene rings is 1. The van der Waals surface area contributed by atoms with E-state index in [0.717, 1.165) is 22.2 Å². The molecule has 1 atom stereocenters. The van der Waals surface area contributed by atoms with Crippen LogP contribution in [0.5, 0.6) is 0 Å². The van der Waals surface area contributed by atoms with Crippen molar-refractivity contribution in [2.24, 2.45) is 7.05 Å². The van der Waals surface area contributed by atoms with Gasteiger partial charge in [-0.05, 0) is 29.1 Å². The summed E-state index contributed by atoms with van der Waals surface area (Å²) < 4.78 is 2.05. The summed E-state index contributed by atoms with van der Waals surface area (Å²) in [6.07, 6.45) is 3.61. The van der Waals surface area contributed by atoms with Crippen molar-refractivity contribution in [3.63, 3.8) is 0 Å². The molecule has 19 heavy (non-hydrogen) atoms. The van der Waals surface area contributed by atoms with Crippen LogP contribution in [0.15, 0.2) is 54.9 Å². The molecular formula is C16H16N2O. The second kappa shape index (κ2) is 4.86. The number of aliphatic hydroxyl groups is 1. The molecule has 0 aliphatic carbocycles. The first-order valence-corrected chi connectivity index (χ1v) is 6.37. The minimum Gasteiger partial charge on any atom is -0.387 e. The lowest BCUT2D eigenvalue weighted by atomic mass is 10.1. The van der Waals surface area contributed by atoms with E-state index >= 15 is 0 Å². The first-order chi connectivity index (χ1) is 9.25. The molecule has 2 heterocycles. The molecule has 0 aliphatic heterocycles. The van der Waals surface area contributed by atoms with Crippen LogP contribution in [-0.2, 0) is 13.5 Å². The van der Waals surface area contributed by atoms with Crippen LogP contribution < -0.4 is 0 Å². The third kappa shape index (κ3) is 2.25. The molecule has 2 aromatic heterocycles. The summed E-state index contributed by atoms with van der Waals surface area (Å²) in [6.45, 7) is 0. The predicted octanol–water partition coefficient (Wildman–Crippen LogP) is 2.85. The number of fused-ring (bicyclic) bond motifs is 1. The van der Waals surface area contributed by atoms with Gasteiger partial charge in [0.25, 0.3) is 0 Å². The van der Waals surface area contributed by atoms with Crippen molar-refractivity contribution in [3.05, 3.63) is 66.1 Å². The van der Waals surface area contributed by atoms with Crippen LogP contribution in [0.4, 0.5) is 0 Å². The molecule has 3 rings (SSSR count). The van der Waals surface area contributed by atoms with Gasteiger partial charge in [0, 0.05) is 37.1 Å². The highest BCUT2D eigenvalue weighted by molar-refractivity contribution is 5.81. The Labute approximate surface area is 112 Å². The van der Waals surface area contributed by atoms with Crippen LogP contribution in [0, 0.1) is 0 Å². The maximum absolute atomic E-state index is 10.4. The number of nitrogens with zero attached hydrogens (tertiary/aromatic N) is 2.